The van der Waals surface area contributed by atoms with Gasteiger partial charge in [-0.3, -0.25) is 4.79 Å². The van der Waals surface area contributed by atoms with Gasteiger partial charge >= 0.3 is 0 Å². The first-order chi connectivity index (χ1) is 4.87. The van der Waals surface area contributed by atoms with Crippen LogP contribution in [0.3, 0.4) is 0 Å². The van der Waals surface area contributed by atoms with E-state index in [1.54, 1.807) is 0 Å². The van der Waals surface area contributed by atoms with Crippen molar-refractivity contribution in [3.05, 3.63) is 11.8 Å². The van der Waals surface area contributed by atoms with Gasteiger partial charge in [0.05, 0.1) is 26.7 Å². The molecule has 0 rings (SSSR count). The molecule has 0 heterocycles. The Morgan fingerprint density at radius 2 is 1.91 bits per heavy atom. The van der Waals surface area contributed by atoms with Gasteiger partial charge in [-0.15, -0.1) is 0 Å². The van der Waals surface area contributed by atoms with E-state index in [1.807, 2.05) is 34.3 Å². The Labute approximate surface area is 68.1 Å². The number of hydrogen-bond acceptors (Lipinski definition) is 1. The second kappa shape index (κ2) is 3.53. The summed E-state index contributed by atoms with van der Waals surface area (Å²) in [6, 6.07) is 0. The van der Waals surface area contributed by atoms with Gasteiger partial charge in [0.2, 0.25) is 5.91 Å². The lowest BCUT2D eigenvalue weighted by Gasteiger charge is -2.18. The first kappa shape index (κ1) is 10.2. The number of amides is 1. The lowest BCUT2D eigenvalue weighted by Crippen LogP contribution is -2.29. The fourth-order valence-corrected chi connectivity index (χ4v) is 0.797. The lowest BCUT2D eigenvalue weighted by molar-refractivity contribution is -0.817. The van der Waals surface area contributed by atoms with Gasteiger partial charge in [-0.25, -0.2) is 0 Å². The Bertz CT molecular complexity index is 177. The minimum Gasteiger partial charge on any atom is -0.366 e. The topological polar surface area (TPSA) is 43.1 Å². The van der Waals surface area contributed by atoms with Crippen LogP contribution in [0.5, 0.6) is 0 Å². The number of carbonyl (C=O) groups is 1. The molecular weight excluding hydrogens is 140 g/mol. The summed E-state index contributed by atoms with van der Waals surface area (Å²) in [6.07, 6.45) is 2.56. The molecule has 0 aromatic heterocycles. The molecule has 0 bridgehead atoms. The Morgan fingerprint density at radius 1 is 1.45 bits per heavy atom. The molecule has 1 amide bonds. The molecule has 0 aromatic rings. The maximum atomic E-state index is 10.8. The highest BCUT2D eigenvalue weighted by atomic mass is 16.1. The molecule has 64 valence electrons. The summed E-state index contributed by atoms with van der Waals surface area (Å²) in [7, 11) is 5.95. The van der Waals surface area contributed by atoms with Gasteiger partial charge in [-0.2, -0.15) is 0 Å². The van der Waals surface area contributed by atoms with Gasteiger partial charge in [0, 0.05) is 0 Å². The van der Waals surface area contributed by atoms with Crippen molar-refractivity contribution in [1.82, 2.24) is 0 Å². The fraction of sp³-hybridized carbons (Fsp3) is 0.625. The van der Waals surface area contributed by atoms with Crippen molar-refractivity contribution in [3.8, 4) is 0 Å². The van der Waals surface area contributed by atoms with Crippen LogP contribution in [0, 0.1) is 0 Å². The van der Waals surface area contributed by atoms with E-state index in [1.165, 1.54) is 0 Å². The van der Waals surface area contributed by atoms with E-state index < -0.39 is 0 Å². The molecular formula is C8H17N2O+. The first-order valence-corrected chi connectivity index (χ1v) is 3.69. The molecule has 0 fully saturated rings. The minimum absolute atomic E-state index is 0.319. The molecule has 3 nitrogen and oxygen atoms in total. The number of hydrogen-bond donors (Lipinski definition) is 1. The van der Waals surface area contributed by atoms with Gasteiger partial charge in [0.25, 0.3) is 0 Å². The summed E-state index contributed by atoms with van der Waals surface area (Å²) >= 11 is 0. The smallest absolute Gasteiger partial charge is 0.249 e. The van der Waals surface area contributed by atoms with Crippen LogP contribution in [0.2, 0.25) is 0 Å². The van der Waals surface area contributed by atoms with Crippen molar-refractivity contribution < 1.29 is 9.28 Å². The van der Waals surface area contributed by atoms with Crippen molar-refractivity contribution >= 4 is 5.91 Å². The molecule has 2 N–H and O–H groups in total. The van der Waals surface area contributed by atoms with Crippen molar-refractivity contribution in [2.75, 3.05) is 21.1 Å². The van der Waals surface area contributed by atoms with Crippen LogP contribution in [0.1, 0.15) is 13.3 Å². The Kier molecular flexibility index (Phi) is 3.26. The monoisotopic (exact) mass is 157 g/mol. The highest BCUT2D eigenvalue weighted by Crippen LogP contribution is 2.03. The number of quaternary nitrogens is 1. The minimum atomic E-state index is -0.319. The Balaban J connectivity index is 4.49. The van der Waals surface area contributed by atoms with Gasteiger partial charge in [-0.1, -0.05) is 6.92 Å². The molecule has 0 saturated carbocycles. The second-order valence-corrected chi connectivity index (χ2v) is 3.49. The average molecular weight is 157 g/mol. The molecule has 0 saturated heterocycles. The third-order valence-electron chi connectivity index (χ3n) is 1.24. The first-order valence-electron chi connectivity index (χ1n) is 3.69. The number of carbonyl (C=O) groups excluding carboxylic acids is 1. The van der Waals surface area contributed by atoms with Crippen molar-refractivity contribution in [3.63, 3.8) is 0 Å². The predicted octanol–water partition coefficient (Wildman–Crippen LogP) is 0.472. The van der Waals surface area contributed by atoms with Gasteiger partial charge < -0.3 is 10.2 Å². The van der Waals surface area contributed by atoms with Crippen LogP contribution in [-0.4, -0.2) is 31.5 Å². The predicted molar refractivity (Wildman–Crippen MR) is 45.6 cm³/mol. The van der Waals surface area contributed by atoms with E-state index in [4.69, 9.17) is 5.73 Å². The maximum Gasteiger partial charge on any atom is 0.249 e. The molecule has 0 spiro atoms. The van der Waals surface area contributed by atoms with Gasteiger partial charge in [0.1, 0.15) is 6.20 Å². The third kappa shape index (κ3) is 4.56. The summed E-state index contributed by atoms with van der Waals surface area (Å²) < 4.78 is 0.631. The molecule has 0 aliphatic heterocycles. The number of nitrogens with zero attached hydrogens (tertiary/aromatic N) is 1. The highest BCUT2D eigenvalue weighted by Gasteiger charge is 2.09. The van der Waals surface area contributed by atoms with Crippen LogP contribution in [0.25, 0.3) is 0 Å². The summed E-state index contributed by atoms with van der Waals surface area (Å²) in [5, 5.41) is 0. The molecule has 0 aliphatic carbocycles. The Morgan fingerprint density at radius 3 is 2.00 bits per heavy atom. The van der Waals surface area contributed by atoms with E-state index in [0.717, 1.165) is 0 Å². The fourth-order valence-electron chi connectivity index (χ4n) is 0.797. The normalized spacial score (nSPS) is 13.3. The van der Waals surface area contributed by atoms with Gasteiger partial charge in [-0.05, 0) is 6.42 Å². The summed E-state index contributed by atoms with van der Waals surface area (Å²) in [4.78, 5) is 10.8. The Hall–Kier alpha value is -0.830. The van der Waals surface area contributed by atoms with E-state index in [0.29, 0.717) is 16.5 Å². The largest absolute Gasteiger partial charge is 0.366 e. The molecule has 11 heavy (non-hydrogen) atoms. The number of nitrogens with two attached hydrogens (primary N) is 1. The van der Waals surface area contributed by atoms with Crippen molar-refractivity contribution in [2.45, 2.75) is 13.3 Å². The zero-order chi connectivity index (χ0) is 9.07. The summed E-state index contributed by atoms with van der Waals surface area (Å²) in [6.45, 7) is 1.92. The number of rotatable bonds is 3. The SMILES string of the molecule is CCC(=C[N+](C)(C)C)C(N)=O. The number of primary amides is 1. The van der Waals surface area contributed by atoms with Crippen LogP contribution in [-0.2, 0) is 4.79 Å². The van der Waals surface area contributed by atoms with Gasteiger partial charge in [0.15, 0.2) is 0 Å². The molecule has 0 aliphatic rings. The average Bonchev–Trinajstić information content (AvgIpc) is 1.80. The van der Waals surface area contributed by atoms with E-state index in [9.17, 15) is 4.79 Å². The zero-order valence-electron chi connectivity index (χ0n) is 7.72. The highest BCUT2D eigenvalue weighted by molar-refractivity contribution is 5.91. The molecule has 0 aromatic carbocycles. The second-order valence-electron chi connectivity index (χ2n) is 3.49. The third-order valence-corrected chi connectivity index (χ3v) is 1.24. The quantitative estimate of drug-likeness (QED) is 0.469. The van der Waals surface area contributed by atoms with Crippen LogP contribution in [0.4, 0.5) is 0 Å². The molecule has 3 heteroatoms. The van der Waals surface area contributed by atoms with Crippen LogP contribution in [0.15, 0.2) is 11.8 Å². The standard InChI is InChI=1S/C8H16N2O/c1-5-7(8(9)11)6-10(2,3)4/h6H,5H2,1-4H3,(H-,9,11)/p+1. The van der Waals surface area contributed by atoms with Crippen molar-refractivity contribution in [2.24, 2.45) is 5.73 Å². The lowest BCUT2D eigenvalue weighted by atomic mass is 10.2. The van der Waals surface area contributed by atoms with Crippen LogP contribution >= 0.6 is 0 Å². The summed E-state index contributed by atoms with van der Waals surface area (Å²) in [5.74, 6) is -0.319. The van der Waals surface area contributed by atoms with Crippen molar-refractivity contribution in [1.29, 1.82) is 0 Å². The maximum absolute atomic E-state index is 10.8. The molecule has 0 atom stereocenters. The molecule has 0 radical (unpaired) electrons. The van der Waals surface area contributed by atoms with Crippen LogP contribution < -0.4 is 5.73 Å². The molecule has 0 unspecified atom stereocenters. The summed E-state index contributed by atoms with van der Waals surface area (Å²) in [5.41, 5.74) is 5.83. The van der Waals surface area contributed by atoms with E-state index >= 15 is 0 Å². The van der Waals surface area contributed by atoms with E-state index in [2.05, 4.69) is 0 Å². The van der Waals surface area contributed by atoms with E-state index in [-0.39, 0.29) is 5.91 Å². The zero-order valence-corrected chi connectivity index (χ0v) is 7.72.